The minimum absolute atomic E-state index is 0.120. The molecule has 0 bridgehead atoms. The van der Waals surface area contributed by atoms with Crippen molar-refractivity contribution >= 4 is 11.8 Å². The van der Waals surface area contributed by atoms with Crippen LogP contribution in [-0.2, 0) is 24.4 Å². The first-order valence-corrected chi connectivity index (χ1v) is 8.07. The highest BCUT2D eigenvalue weighted by molar-refractivity contribution is 5.93. The first kappa shape index (κ1) is 16.3. The molecule has 0 spiro atoms. The van der Waals surface area contributed by atoms with Gasteiger partial charge in [0.1, 0.15) is 12.0 Å². The number of hydrogen-bond donors (Lipinski definition) is 2. The zero-order chi connectivity index (χ0) is 16.9. The van der Waals surface area contributed by atoms with Crippen LogP contribution in [0.5, 0.6) is 0 Å². The maximum Gasteiger partial charge on any atom is 0.254 e. The van der Waals surface area contributed by atoms with Gasteiger partial charge < -0.3 is 20.4 Å². The predicted molar refractivity (Wildman–Crippen MR) is 88.9 cm³/mol. The Labute approximate surface area is 140 Å². The van der Waals surface area contributed by atoms with Gasteiger partial charge in [0.25, 0.3) is 5.91 Å². The van der Waals surface area contributed by atoms with E-state index in [-0.39, 0.29) is 18.4 Å². The van der Waals surface area contributed by atoms with E-state index >= 15 is 0 Å². The Morgan fingerprint density at radius 3 is 2.54 bits per heavy atom. The standard InChI is InChI=1S/C18H21N3O3/c19-9-16-8-15(12-24-16)18(23)20-7-3-6-17(22)21-10-13-4-1-2-5-14(13)11-21/h1-2,4-5,8,12H,3,6-7,9-11,19H2,(H,20,23). The molecule has 1 aliphatic rings. The number of carbonyl (C=O) groups is 2. The first-order chi connectivity index (χ1) is 11.7. The number of carbonyl (C=O) groups excluding carboxylic acids is 2. The summed E-state index contributed by atoms with van der Waals surface area (Å²) in [5, 5.41) is 2.79. The zero-order valence-electron chi connectivity index (χ0n) is 13.5. The Bertz CT molecular complexity index is 714. The predicted octanol–water partition coefficient (Wildman–Crippen LogP) is 1.79. The smallest absolute Gasteiger partial charge is 0.254 e. The van der Waals surface area contributed by atoms with E-state index in [0.29, 0.717) is 43.8 Å². The number of amides is 2. The molecule has 0 saturated heterocycles. The molecular weight excluding hydrogens is 306 g/mol. The van der Waals surface area contributed by atoms with Crippen molar-refractivity contribution in [2.75, 3.05) is 6.54 Å². The summed E-state index contributed by atoms with van der Waals surface area (Å²) in [7, 11) is 0. The third-order valence-electron chi connectivity index (χ3n) is 4.16. The van der Waals surface area contributed by atoms with Crippen LogP contribution in [0.2, 0.25) is 0 Å². The quantitative estimate of drug-likeness (QED) is 0.792. The van der Waals surface area contributed by atoms with Crippen LogP contribution in [0.25, 0.3) is 0 Å². The summed E-state index contributed by atoms with van der Waals surface area (Å²) in [5.41, 5.74) is 8.33. The van der Waals surface area contributed by atoms with Crippen LogP contribution in [0.1, 0.15) is 40.1 Å². The maximum atomic E-state index is 12.3. The molecule has 0 atom stereocenters. The SMILES string of the molecule is NCc1cc(C(=O)NCCCC(=O)N2Cc3ccccc3C2)co1. The van der Waals surface area contributed by atoms with Crippen LogP contribution in [0.4, 0.5) is 0 Å². The number of nitrogens with zero attached hydrogens (tertiary/aromatic N) is 1. The van der Waals surface area contributed by atoms with Crippen LogP contribution in [0.15, 0.2) is 41.0 Å². The lowest BCUT2D eigenvalue weighted by atomic mass is 10.1. The molecule has 0 fully saturated rings. The molecule has 0 unspecified atom stereocenters. The largest absolute Gasteiger partial charge is 0.467 e. The summed E-state index contributed by atoms with van der Waals surface area (Å²) < 4.78 is 5.13. The molecule has 0 aliphatic carbocycles. The van der Waals surface area contributed by atoms with Crippen molar-refractivity contribution in [3.63, 3.8) is 0 Å². The lowest BCUT2D eigenvalue weighted by Crippen LogP contribution is -2.28. The lowest BCUT2D eigenvalue weighted by Gasteiger charge is -2.15. The highest BCUT2D eigenvalue weighted by atomic mass is 16.3. The van der Waals surface area contributed by atoms with Gasteiger partial charge in [-0.2, -0.15) is 0 Å². The second kappa shape index (κ2) is 7.31. The fraction of sp³-hybridized carbons (Fsp3) is 0.333. The number of nitrogens with two attached hydrogens (primary N) is 1. The fourth-order valence-electron chi connectivity index (χ4n) is 2.82. The highest BCUT2D eigenvalue weighted by Crippen LogP contribution is 2.22. The van der Waals surface area contributed by atoms with Crippen LogP contribution in [0, 0.1) is 0 Å². The Hall–Kier alpha value is -2.60. The third kappa shape index (κ3) is 3.65. The molecule has 0 radical (unpaired) electrons. The second-order valence-electron chi connectivity index (χ2n) is 5.88. The minimum Gasteiger partial charge on any atom is -0.467 e. The number of furan rings is 1. The fourth-order valence-corrected chi connectivity index (χ4v) is 2.82. The number of fused-ring (bicyclic) bond motifs is 1. The molecule has 6 heteroatoms. The average molecular weight is 327 g/mol. The van der Waals surface area contributed by atoms with Gasteiger partial charge in [-0.3, -0.25) is 9.59 Å². The Morgan fingerprint density at radius 1 is 1.21 bits per heavy atom. The van der Waals surface area contributed by atoms with E-state index in [1.807, 2.05) is 17.0 Å². The van der Waals surface area contributed by atoms with Crippen molar-refractivity contribution in [1.82, 2.24) is 10.2 Å². The molecule has 1 aliphatic heterocycles. The Balaban J connectivity index is 1.39. The normalized spacial score (nSPS) is 13.0. The van der Waals surface area contributed by atoms with Gasteiger partial charge in [-0.15, -0.1) is 0 Å². The first-order valence-electron chi connectivity index (χ1n) is 8.07. The molecular formula is C18H21N3O3. The Kier molecular flexibility index (Phi) is 4.96. The zero-order valence-corrected chi connectivity index (χ0v) is 13.5. The van der Waals surface area contributed by atoms with Gasteiger partial charge in [0.05, 0.1) is 12.1 Å². The van der Waals surface area contributed by atoms with Gasteiger partial charge in [-0.05, 0) is 23.6 Å². The van der Waals surface area contributed by atoms with Crippen molar-refractivity contribution < 1.29 is 14.0 Å². The summed E-state index contributed by atoms with van der Waals surface area (Å²) in [4.78, 5) is 26.0. The van der Waals surface area contributed by atoms with E-state index in [1.165, 1.54) is 17.4 Å². The molecule has 1 aromatic heterocycles. The van der Waals surface area contributed by atoms with Crippen molar-refractivity contribution in [3.8, 4) is 0 Å². The molecule has 2 amide bonds. The van der Waals surface area contributed by atoms with Crippen molar-refractivity contribution in [1.29, 1.82) is 0 Å². The van der Waals surface area contributed by atoms with Gasteiger partial charge in [0.15, 0.2) is 0 Å². The summed E-state index contributed by atoms with van der Waals surface area (Å²) in [6.45, 7) is 2.07. The van der Waals surface area contributed by atoms with E-state index in [1.54, 1.807) is 6.07 Å². The van der Waals surface area contributed by atoms with Crippen molar-refractivity contribution in [3.05, 3.63) is 59.0 Å². The summed E-state index contributed by atoms with van der Waals surface area (Å²) in [6.07, 6.45) is 2.43. The second-order valence-corrected chi connectivity index (χ2v) is 5.88. The van der Waals surface area contributed by atoms with Crippen LogP contribution in [-0.4, -0.2) is 23.3 Å². The van der Waals surface area contributed by atoms with E-state index in [9.17, 15) is 9.59 Å². The molecule has 126 valence electrons. The molecule has 3 rings (SSSR count). The highest BCUT2D eigenvalue weighted by Gasteiger charge is 2.22. The van der Waals surface area contributed by atoms with E-state index < -0.39 is 0 Å². The van der Waals surface area contributed by atoms with Gasteiger partial charge in [0, 0.05) is 26.1 Å². The molecule has 6 nitrogen and oxygen atoms in total. The summed E-state index contributed by atoms with van der Waals surface area (Å²) in [5.74, 6) is 0.484. The van der Waals surface area contributed by atoms with Crippen molar-refractivity contribution in [2.24, 2.45) is 5.73 Å². The molecule has 3 N–H and O–H groups in total. The summed E-state index contributed by atoms with van der Waals surface area (Å²) >= 11 is 0. The summed E-state index contributed by atoms with van der Waals surface area (Å²) in [6, 6.07) is 9.73. The van der Waals surface area contributed by atoms with Crippen LogP contribution < -0.4 is 11.1 Å². The monoisotopic (exact) mass is 327 g/mol. The number of rotatable bonds is 6. The topological polar surface area (TPSA) is 88.6 Å². The van der Waals surface area contributed by atoms with Gasteiger partial charge in [0.2, 0.25) is 5.91 Å². The van der Waals surface area contributed by atoms with E-state index in [0.717, 1.165) is 0 Å². The maximum absolute atomic E-state index is 12.3. The molecule has 24 heavy (non-hydrogen) atoms. The average Bonchev–Trinajstić information content (AvgIpc) is 3.24. The number of benzene rings is 1. The lowest BCUT2D eigenvalue weighted by molar-refractivity contribution is -0.131. The molecule has 1 aromatic carbocycles. The van der Waals surface area contributed by atoms with E-state index in [2.05, 4.69) is 17.4 Å². The van der Waals surface area contributed by atoms with Gasteiger partial charge in [-0.25, -0.2) is 0 Å². The number of nitrogens with one attached hydrogen (secondary N) is 1. The van der Waals surface area contributed by atoms with Gasteiger partial charge in [-0.1, -0.05) is 24.3 Å². The molecule has 2 heterocycles. The molecule has 0 saturated carbocycles. The van der Waals surface area contributed by atoms with Crippen LogP contribution in [0.3, 0.4) is 0 Å². The van der Waals surface area contributed by atoms with Gasteiger partial charge >= 0.3 is 0 Å². The van der Waals surface area contributed by atoms with Crippen molar-refractivity contribution in [2.45, 2.75) is 32.5 Å². The third-order valence-corrected chi connectivity index (χ3v) is 4.16. The molecule has 2 aromatic rings. The minimum atomic E-state index is -0.209. The van der Waals surface area contributed by atoms with Crippen LogP contribution >= 0.6 is 0 Å². The Morgan fingerprint density at radius 2 is 1.92 bits per heavy atom. The van der Waals surface area contributed by atoms with E-state index in [4.69, 9.17) is 10.2 Å². The number of hydrogen-bond acceptors (Lipinski definition) is 4.